The van der Waals surface area contributed by atoms with E-state index < -0.39 is 10.0 Å². The van der Waals surface area contributed by atoms with Crippen molar-refractivity contribution in [3.05, 3.63) is 36.4 Å². The van der Waals surface area contributed by atoms with Gasteiger partial charge in [-0.1, -0.05) is 13.8 Å². The minimum absolute atomic E-state index is 0.0287. The van der Waals surface area contributed by atoms with Gasteiger partial charge in [-0.15, -0.1) is 0 Å². The Morgan fingerprint density at radius 1 is 1.17 bits per heavy atom. The maximum Gasteiger partial charge on any atom is 0.262 e. The SMILES string of the molecule is CC(C)COc1ccc(C(=O)N2CCCN(S(=O)(=O)c3cn(C)cn3)CC2)cn1. The molecule has 10 heteroatoms. The molecule has 0 spiro atoms. The lowest BCUT2D eigenvalue weighted by molar-refractivity contribution is 0.0763. The Morgan fingerprint density at radius 2 is 1.97 bits per heavy atom. The van der Waals surface area contributed by atoms with Crippen LogP contribution in [0.15, 0.2) is 35.9 Å². The Morgan fingerprint density at radius 3 is 2.59 bits per heavy atom. The van der Waals surface area contributed by atoms with Gasteiger partial charge in [-0.2, -0.15) is 4.31 Å². The molecule has 0 aliphatic carbocycles. The lowest BCUT2D eigenvalue weighted by Crippen LogP contribution is -2.37. The van der Waals surface area contributed by atoms with Gasteiger partial charge in [0, 0.05) is 51.7 Å². The van der Waals surface area contributed by atoms with Gasteiger partial charge >= 0.3 is 0 Å². The Labute approximate surface area is 171 Å². The van der Waals surface area contributed by atoms with Crippen molar-refractivity contribution >= 4 is 15.9 Å². The number of pyridine rings is 1. The molecule has 0 unspecified atom stereocenters. The van der Waals surface area contributed by atoms with E-state index in [1.165, 1.54) is 23.0 Å². The molecule has 29 heavy (non-hydrogen) atoms. The summed E-state index contributed by atoms with van der Waals surface area (Å²) in [5, 5.41) is 0.0287. The highest BCUT2D eigenvalue weighted by molar-refractivity contribution is 7.89. The zero-order valence-electron chi connectivity index (χ0n) is 17.0. The van der Waals surface area contributed by atoms with E-state index in [4.69, 9.17) is 4.74 Å². The first-order valence-corrected chi connectivity index (χ1v) is 11.1. The van der Waals surface area contributed by atoms with Gasteiger partial charge in [0.15, 0.2) is 5.03 Å². The van der Waals surface area contributed by atoms with Gasteiger partial charge in [-0.05, 0) is 18.4 Å². The lowest BCUT2D eigenvalue weighted by atomic mass is 10.2. The number of ether oxygens (including phenoxy) is 1. The standard InChI is InChI=1S/C19H27N5O4S/c1-15(2)13-28-17-6-5-16(11-20-17)19(25)23-7-4-8-24(10-9-23)29(26,27)18-12-22(3)14-21-18/h5-6,11-12,14-15H,4,7-10,13H2,1-3H3. The van der Waals surface area contributed by atoms with E-state index in [1.807, 2.05) is 0 Å². The molecule has 1 amide bonds. The maximum atomic E-state index is 12.8. The molecule has 0 atom stereocenters. The summed E-state index contributed by atoms with van der Waals surface area (Å²) in [6.45, 7) is 6.04. The highest BCUT2D eigenvalue weighted by atomic mass is 32.2. The monoisotopic (exact) mass is 421 g/mol. The lowest BCUT2D eigenvalue weighted by Gasteiger charge is -2.21. The number of hydrogen-bond donors (Lipinski definition) is 0. The number of amides is 1. The number of rotatable bonds is 6. The molecule has 1 aliphatic heterocycles. The van der Waals surface area contributed by atoms with Crippen LogP contribution < -0.4 is 4.74 Å². The number of imidazole rings is 1. The van der Waals surface area contributed by atoms with Crippen molar-refractivity contribution in [3.63, 3.8) is 0 Å². The Balaban J connectivity index is 1.63. The fourth-order valence-corrected chi connectivity index (χ4v) is 4.45. The molecule has 0 radical (unpaired) electrons. The van der Waals surface area contributed by atoms with Gasteiger partial charge in [0.2, 0.25) is 5.88 Å². The zero-order valence-corrected chi connectivity index (χ0v) is 17.8. The summed E-state index contributed by atoms with van der Waals surface area (Å²) in [5.74, 6) is 0.712. The smallest absolute Gasteiger partial charge is 0.262 e. The van der Waals surface area contributed by atoms with Gasteiger partial charge in [-0.3, -0.25) is 4.79 Å². The van der Waals surface area contributed by atoms with E-state index >= 15 is 0 Å². The van der Waals surface area contributed by atoms with E-state index in [-0.39, 0.29) is 17.5 Å². The normalized spacial score (nSPS) is 16.1. The van der Waals surface area contributed by atoms with Gasteiger partial charge in [-0.25, -0.2) is 18.4 Å². The molecular formula is C19H27N5O4S. The molecule has 1 fully saturated rings. The van der Waals surface area contributed by atoms with Crippen molar-refractivity contribution in [1.82, 2.24) is 23.7 Å². The van der Waals surface area contributed by atoms with Crippen molar-refractivity contribution < 1.29 is 17.9 Å². The molecule has 2 aromatic heterocycles. The molecule has 0 aromatic carbocycles. The quantitative estimate of drug-likeness (QED) is 0.699. The Hall–Kier alpha value is -2.46. The van der Waals surface area contributed by atoms with E-state index in [2.05, 4.69) is 23.8 Å². The van der Waals surface area contributed by atoms with Crippen LogP contribution in [0.5, 0.6) is 5.88 Å². The van der Waals surface area contributed by atoms with Gasteiger partial charge in [0.05, 0.1) is 18.5 Å². The number of carbonyl (C=O) groups excluding carboxylic acids is 1. The first kappa shape index (κ1) is 21.3. The van der Waals surface area contributed by atoms with E-state index in [0.717, 1.165) is 0 Å². The number of nitrogens with zero attached hydrogens (tertiary/aromatic N) is 5. The first-order chi connectivity index (χ1) is 13.8. The maximum absolute atomic E-state index is 12.8. The highest BCUT2D eigenvalue weighted by Crippen LogP contribution is 2.17. The molecule has 0 N–H and O–H groups in total. The first-order valence-electron chi connectivity index (χ1n) is 9.63. The number of hydrogen-bond acceptors (Lipinski definition) is 6. The summed E-state index contributed by atoms with van der Waals surface area (Å²) in [5.41, 5.74) is 0.461. The van der Waals surface area contributed by atoms with Crippen LogP contribution in [0.4, 0.5) is 0 Å². The molecule has 9 nitrogen and oxygen atoms in total. The minimum atomic E-state index is -3.66. The molecule has 0 bridgehead atoms. The van der Waals surface area contributed by atoms with Crippen molar-refractivity contribution in [3.8, 4) is 5.88 Å². The summed E-state index contributed by atoms with van der Waals surface area (Å²) in [7, 11) is -1.94. The van der Waals surface area contributed by atoms with Crippen molar-refractivity contribution in [2.45, 2.75) is 25.3 Å². The predicted molar refractivity (Wildman–Crippen MR) is 107 cm³/mol. The third kappa shape index (κ3) is 5.13. The van der Waals surface area contributed by atoms with Gasteiger partial charge < -0.3 is 14.2 Å². The molecule has 0 saturated carbocycles. The van der Waals surface area contributed by atoms with E-state index in [0.29, 0.717) is 50.0 Å². The summed E-state index contributed by atoms with van der Waals surface area (Å²) in [4.78, 5) is 22.6. The van der Waals surface area contributed by atoms with Crippen LogP contribution in [0, 0.1) is 5.92 Å². The van der Waals surface area contributed by atoms with Gasteiger partial charge in [0.25, 0.3) is 15.9 Å². The van der Waals surface area contributed by atoms with Crippen molar-refractivity contribution in [1.29, 1.82) is 0 Å². The zero-order chi connectivity index (χ0) is 21.0. The fraction of sp³-hybridized carbons (Fsp3) is 0.526. The number of carbonyl (C=O) groups is 1. The molecule has 1 aliphatic rings. The molecule has 2 aromatic rings. The summed E-state index contributed by atoms with van der Waals surface area (Å²) >= 11 is 0. The second-order valence-corrected chi connectivity index (χ2v) is 9.40. The van der Waals surface area contributed by atoms with Crippen molar-refractivity contribution in [2.75, 3.05) is 32.8 Å². The Bertz CT molecular complexity index is 940. The molecule has 1 saturated heterocycles. The van der Waals surface area contributed by atoms with Crippen LogP contribution in [0.25, 0.3) is 0 Å². The van der Waals surface area contributed by atoms with Crippen molar-refractivity contribution in [2.24, 2.45) is 13.0 Å². The third-order valence-electron chi connectivity index (χ3n) is 4.58. The average Bonchev–Trinajstić information content (AvgIpc) is 2.99. The van der Waals surface area contributed by atoms with E-state index in [1.54, 1.807) is 28.6 Å². The summed E-state index contributed by atoms with van der Waals surface area (Å²) < 4.78 is 34.1. The number of sulfonamides is 1. The fourth-order valence-electron chi connectivity index (χ4n) is 3.02. The topological polar surface area (TPSA) is 97.6 Å². The molecular weight excluding hydrogens is 394 g/mol. The average molecular weight is 422 g/mol. The Kier molecular flexibility index (Phi) is 6.53. The summed E-state index contributed by atoms with van der Waals surface area (Å²) in [6.07, 6.45) is 5.01. The van der Waals surface area contributed by atoms with Crippen LogP contribution in [0.2, 0.25) is 0 Å². The van der Waals surface area contributed by atoms with Crippen LogP contribution in [-0.2, 0) is 17.1 Å². The largest absolute Gasteiger partial charge is 0.477 e. The van der Waals surface area contributed by atoms with Crippen LogP contribution in [0.1, 0.15) is 30.6 Å². The summed E-state index contributed by atoms with van der Waals surface area (Å²) in [6, 6.07) is 3.38. The van der Waals surface area contributed by atoms with Crippen LogP contribution in [0.3, 0.4) is 0 Å². The second-order valence-electron chi connectivity index (χ2n) is 7.52. The van der Waals surface area contributed by atoms with E-state index in [9.17, 15) is 13.2 Å². The second kappa shape index (κ2) is 8.91. The third-order valence-corrected chi connectivity index (χ3v) is 6.36. The molecule has 158 valence electrons. The van der Waals surface area contributed by atoms with Crippen LogP contribution in [-0.4, -0.2) is 70.9 Å². The highest BCUT2D eigenvalue weighted by Gasteiger charge is 2.30. The van der Waals surface area contributed by atoms with Gasteiger partial charge in [0.1, 0.15) is 0 Å². The minimum Gasteiger partial charge on any atom is -0.477 e. The molecule has 3 rings (SSSR count). The predicted octanol–water partition coefficient (Wildman–Crippen LogP) is 1.39. The van der Waals surface area contributed by atoms with Crippen LogP contribution >= 0.6 is 0 Å². The number of aryl methyl sites for hydroxylation is 1. The number of aromatic nitrogens is 3. The molecule has 3 heterocycles.